The van der Waals surface area contributed by atoms with Crippen molar-refractivity contribution in [1.29, 1.82) is 0 Å². The molecule has 0 fully saturated rings. The minimum atomic E-state index is -0.322. The van der Waals surface area contributed by atoms with E-state index in [0.29, 0.717) is 16.7 Å². The second-order valence-electron chi connectivity index (χ2n) is 5.19. The van der Waals surface area contributed by atoms with Gasteiger partial charge in [-0.3, -0.25) is 0 Å². The van der Waals surface area contributed by atoms with Gasteiger partial charge in [0.15, 0.2) is 0 Å². The number of aromatic nitrogens is 2. The zero-order chi connectivity index (χ0) is 15.9. The molecule has 0 bridgehead atoms. The molecule has 4 nitrogen and oxygen atoms in total. The zero-order valence-electron chi connectivity index (χ0n) is 12.4. The first-order valence-corrected chi connectivity index (χ1v) is 7.22. The predicted octanol–water partition coefficient (Wildman–Crippen LogP) is 3.55. The van der Waals surface area contributed by atoms with Crippen LogP contribution in [0.4, 0.5) is 4.39 Å². The lowest BCUT2D eigenvalue weighted by Gasteiger charge is -2.04. The average Bonchev–Trinajstić information content (AvgIpc) is 2.49. The van der Waals surface area contributed by atoms with Crippen LogP contribution in [0.1, 0.15) is 31.7 Å². The number of aliphatic hydroxyl groups is 1. The highest BCUT2D eigenvalue weighted by Gasteiger charge is 2.04. The van der Waals surface area contributed by atoms with Crippen molar-refractivity contribution in [1.82, 2.24) is 9.97 Å². The highest BCUT2D eigenvalue weighted by molar-refractivity contribution is 5.64. The van der Waals surface area contributed by atoms with Crippen LogP contribution in [-0.2, 0) is 0 Å². The van der Waals surface area contributed by atoms with Gasteiger partial charge in [0.05, 0.1) is 6.10 Å². The molecule has 116 valence electrons. The minimum absolute atomic E-state index is 0.294. The number of hydrogen-bond acceptors (Lipinski definition) is 4. The first-order valence-electron chi connectivity index (χ1n) is 7.22. The van der Waals surface area contributed by atoms with E-state index in [1.807, 2.05) is 6.08 Å². The lowest BCUT2D eigenvalue weighted by Crippen LogP contribution is -1.97. The molecule has 0 spiro atoms. The monoisotopic (exact) mass is 302 g/mol. The lowest BCUT2D eigenvalue weighted by atomic mass is 10.1. The number of nitrogens with zero attached hydrogens (tertiary/aromatic N) is 2. The summed E-state index contributed by atoms with van der Waals surface area (Å²) in [5.41, 5.74) is 1.81. The third-order valence-corrected chi connectivity index (χ3v) is 3.26. The number of hydrogen-bond donors (Lipinski definition) is 2. The van der Waals surface area contributed by atoms with Gasteiger partial charge in [-0.1, -0.05) is 24.3 Å². The summed E-state index contributed by atoms with van der Waals surface area (Å²) >= 11 is 0. The van der Waals surface area contributed by atoms with Crippen LogP contribution in [-0.4, -0.2) is 26.3 Å². The average molecular weight is 302 g/mol. The van der Waals surface area contributed by atoms with Crippen LogP contribution in [0.25, 0.3) is 17.2 Å². The van der Waals surface area contributed by atoms with E-state index in [-0.39, 0.29) is 17.9 Å². The second kappa shape index (κ2) is 7.66. The molecule has 2 aromatic rings. The molecule has 0 saturated heterocycles. The summed E-state index contributed by atoms with van der Waals surface area (Å²) in [6, 6.07) is 4.60. The van der Waals surface area contributed by atoms with Crippen molar-refractivity contribution in [3.05, 3.63) is 48.0 Å². The molecule has 0 saturated carbocycles. The Morgan fingerprint density at radius 3 is 2.59 bits per heavy atom. The van der Waals surface area contributed by atoms with Crippen LogP contribution in [0, 0.1) is 5.82 Å². The smallest absolute Gasteiger partial charge is 0.313 e. The van der Waals surface area contributed by atoms with E-state index in [1.165, 1.54) is 18.5 Å². The quantitative estimate of drug-likeness (QED) is 0.801. The van der Waals surface area contributed by atoms with E-state index in [1.54, 1.807) is 25.1 Å². The Hall–Kier alpha value is -2.27. The molecule has 2 rings (SSSR count). The van der Waals surface area contributed by atoms with E-state index in [2.05, 4.69) is 9.97 Å². The molecule has 1 aromatic heterocycles. The van der Waals surface area contributed by atoms with E-state index >= 15 is 0 Å². The molecule has 2 N–H and O–H groups in total. The van der Waals surface area contributed by atoms with E-state index < -0.39 is 0 Å². The maximum atomic E-state index is 14.1. The summed E-state index contributed by atoms with van der Waals surface area (Å²) < 4.78 is 14.1. The molecule has 0 radical (unpaired) electrons. The Kier molecular flexibility index (Phi) is 5.61. The fraction of sp³-hybridized carbons (Fsp3) is 0.294. The van der Waals surface area contributed by atoms with Crippen LogP contribution in [0.5, 0.6) is 6.01 Å². The fourth-order valence-electron chi connectivity index (χ4n) is 2.05. The van der Waals surface area contributed by atoms with Gasteiger partial charge in [-0.2, -0.15) is 0 Å². The molecule has 22 heavy (non-hydrogen) atoms. The van der Waals surface area contributed by atoms with Crippen molar-refractivity contribution in [3.8, 4) is 17.1 Å². The predicted molar refractivity (Wildman–Crippen MR) is 83.7 cm³/mol. The number of aromatic hydroxyl groups is 1. The van der Waals surface area contributed by atoms with Gasteiger partial charge in [0.25, 0.3) is 0 Å². The highest BCUT2D eigenvalue weighted by atomic mass is 19.1. The molecule has 5 heteroatoms. The highest BCUT2D eigenvalue weighted by Crippen LogP contribution is 2.22. The number of aliphatic hydroxyl groups excluding tert-OH is 1. The molecule has 1 heterocycles. The SMILES string of the molecule is CC(O)CCC/C=C/c1ccc(-c2cnc(O)nc2)cc1F. The van der Waals surface area contributed by atoms with Gasteiger partial charge in [-0.25, -0.2) is 14.4 Å². The van der Waals surface area contributed by atoms with Crippen LogP contribution in [0.15, 0.2) is 36.7 Å². The van der Waals surface area contributed by atoms with E-state index in [0.717, 1.165) is 19.3 Å². The Labute approximate surface area is 129 Å². The van der Waals surface area contributed by atoms with Crippen molar-refractivity contribution in [2.24, 2.45) is 0 Å². The molecule has 0 aliphatic carbocycles. The van der Waals surface area contributed by atoms with Crippen molar-refractivity contribution < 1.29 is 14.6 Å². The first-order chi connectivity index (χ1) is 10.6. The largest absolute Gasteiger partial charge is 0.479 e. The molecule has 1 aromatic carbocycles. The number of benzene rings is 1. The van der Waals surface area contributed by atoms with Gasteiger partial charge in [0.2, 0.25) is 0 Å². The Morgan fingerprint density at radius 2 is 1.95 bits per heavy atom. The molecule has 0 aliphatic heterocycles. The van der Waals surface area contributed by atoms with Crippen molar-refractivity contribution in [2.75, 3.05) is 0 Å². The molecule has 1 unspecified atom stereocenters. The summed E-state index contributed by atoms with van der Waals surface area (Å²) in [5.74, 6) is -0.322. The van der Waals surface area contributed by atoms with Crippen molar-refractivity contribution >= 4 is 6.08 Å². The van der Waals surface area contributed by atoms with E-state index in [4.69, 9.17) is 10.2 Å². The van der Waals surface area contributed by atoms with Crippen molar-refractivity contribution in [3.63, 3.8) is 0 Å². The first kappa shape index (κ1) is 16.1. The standard InChI is InChI=1S/C17H19FN2O2/c1-12(21)5-3-2-4-6-13-7-8-14(9-16(13)18)15-10-19-17(22)20-11-15/h4,6-12,21H,2-3,5H2,1H3,(H,19,20,22)/b6-4+. The van der Waals surface area contributed by atoms with Gasteiger partial charge >= 0.3 is 6.01 Å². The summed E-state index contributed by atoms with van der Waals surface area (Å²) in [4.78, 5) is 7.36. The molecule has 0 amide bonds. The van der Waals surface area contributed by atoms with Gasteiger partial charge in [-0.15, -0.1) is 0 Å². The summed E-state index contributed by atoms with van der Waals surface area (Å²) in [7, 11) is 0. The Balaban J connectivity index is 2.03. The number of rotatable bonds is 6. The van der Waals surface area contributed by atoms with Crippen molar-refractivity contribution in [2.45, 2.75) is 32.3 Å². The normalized spacial score (nSPS) is 12.7. The third kappa shape index (κ3) is 4.63. The number of allylic oxidation sites excluding steroid dienone is 1. The second-order valence-corrected chi connectivity index (χ2v) is 5.19. The van der Waals surface area contributed by atoms with Crippen LogP contribution >= 0.6 is 0 Å². The Morgan fingerprint density at radius 1 is 1.23 bits per heavy atom. The minimum Gasteiger partial charge on any atom is -0.479 e. The number of halogens is 1. The maximum Gasteiger partial charge on any atom is 0.313 e. The lowest BCUT2D eigenvalue weighted by molar-refractivity contribution is 0.182. The topological polar surface area (TPSA) is 66.2 Å². The van der Waals surface area contributed by atoms with Gasteiger partial charge in [0.1, 0.15) is 5.82 Å². The summed E-state index contributed by atoms with van der Waals surface area (Å²) in [5, 5.41) is 18.2. The summed E-state index contributed by atoms with van der Waals surface area (Å²) in [6.07, 6.45) is 8.67. The van der Waals surface area contributed by atoms with Crippen LogP contribution in [0.3, 0.4) is 0 Å². The molecular formula is C17H19FN2O2. The van der Waals surface area contributed by atoms with Gasteiger partial charge in [0, 0.05) is 23.5 Å². The molecular weight excluding hydrogens is 283 g/mol. The van der Waals surface area contributed by atoms with Gasteiger partial charge in [-0.05, 0) is 37.8 Å². The molecule has 1 atom stereocenters. The molecule has 0 aliphatic rings. The zero-order valence-corrected chi connectivity index (χ0v) is 12.4. The maximum absolute atomic E-state index is 14.1. The van der Waals surface area contributed by atoms with Gasteiger partial charge < -0.3 is 10.2 Å². The fourth-order valence-corrected chi connectivity index (χ4v) is 2.05. The third-order valence-electron chi connectivity index (χ3n) is 3.26. The Bertz CT molecular complexity index is 640. The summed E-state index contributed by atoms with van der Waals surface area (Å²) in [6.45, 7) is 1.76. The van der Waals surface area contributed by atoms with Crippen LogP contribution < -0.4 is 0 Å². The van der Waals surface area contributed by atoms with Crippen LogP contribution in [0.2, 0.25) is 0 Å². The van der Waals surface area contributed by atoms with E-state index in [9.17, 15) is 4.39 Å². The number of unbranched alkanes of at least 4 members (excludes halogenated alkanes) is 1.